The summed E-state index contributed by atoms with van der Waals surface area (Å²) in [5.41, 5.74) is 7.79. The van der Waals surface area contributed by atoms with Gasteiger partial charge in [0.25, 0.3) is 0 Å². The van der Waals surface area contributed by atoms with Crippen LogP contribution >= 0.6 is 0 Å². The Morgan fingerprint density at radius 1 is 1.20 bits per heavy atom. The molecule has 20 heavy (non-hydrogen) atoms. The number of anilines is 2. The van der Waals surface area contributed by atoms with Gasteiger partial charge in [-0.2, -0.15) is 0 Å². The summed E-state index contributed by atoms with van der Waals surface area (Å²) in [5, 5.41) is 0. The lowest BCUT2D eigenvalue weighted by molar-refractivity contribution is 0.415. The van der Waals surface area contributed by atoms with Crippen LogP contribution in [-0.4, -0.2) is 20.7 Å². The largest absolute Gasteiger partial charge is 0.497 e. The Bertz CT molecular complexity index is 586. The summed E-state index contributed by atoms with van der Waals surface area (Å²) in [6.07, 6.45) is 0.681. The molecule has 0 aliphatic carbocycles. The highest BCUT2D eigenvalue weighted by Crippen LogP contribution is 2.29. The van der Waals surface area contributed by atoms with Crippen molar-refractivity contribution in [3.05, 3.63) is 53.8 Å². The van der Waals surface area contributed by atoms with Crippen LogP contribution in [0.4, 0.5) is 15.8 Å². The van der Waals surface area contributed by atoms with Crippen molar-refractivity contribution in [1.82, 2.24) is 0 Å². The van der Waals surface area contributed by atoms with Crippen LogP contribution in [0, 0.1) is 5.82 Å². The molecule has 2 aromatic rings. The van der Waals surface area contributed by atoms with E-state index in [1.165, 1.54) is 0 Å². The number of hydrogen-bond acceptors (Lipinski definition) is 3. The van der Waals surface area contributed by atoms with E-state index in [1.54, 1.807) is 24.1 Å². The Morgan fingerprint density at radius 2 is 2.00 bits per heavy atom. The third-order valence-electron chi connectivity index (χ3n) is 3.25. The molecule has 106 valence electrons. The smallest absolute Gasteiger partial charge is 0.147 e. The zero-order chi connectivity index (χ0) is 14.5. The summed E-state index contributed by atoms with van der Waals surface area (Å²) in [7, 11) is 3.44. The van der Waals surface area contributed by atoms with E-state index in [2.05, 4.69) is 0 Å². The fourth-order valence-electron chi connectivity index (χ4n) is 2.10. The van der Waals surface area contributed by atoms with E-state index >= 15 is 0 Å². The van der Waals surface area contributed by atoms with Crippen molar-refractivity contribution in [2.75, 3.05) is 25.6 Å². The molecular formula is C16H19FN2O. The molecule has 0 atom stereocenters. The molecule has 0 aliphatic heterocycles. The van der Waals surface area contributed by atoms with Gasteiger partial charge in [-0.15, -0.1) is 0 Å². The minimum Gasteiger partial charge on any atom is -0.497 e. The predicted molar refractivity (Wildman–Crippen MR) is 80.2 cm³/mol. The molecule has 0 radical (unpaired) electrons. The summed E-state index contributed by atoms with van der Waals surface area (Å²) in [5.74, 6) is 0.496. The Balaban J connectivity index is 2.30. The number of nitrogens with two attached hydrogens (primary N) is 1. The van der Waals surface area contributed by atoms with Crippen molar-refractivity contribution in [2.24, 2.45) is 5.73 Å². The normalized spacial score (nSPS) is 10.4. The molecule has 2 rings (SSSR count). The van der Waals surface area contributed by atoms with Gasteiger partial charge in [0.15, 0.2) is 0 Å². The highest BCUT2D eigenvalue weighted by molar-refractivity contribution is 5.64. The van der Waals surface area contributed by atoms with Gasteiger partial charge in [0.2, 0.25) is 0 Å². The molecule has 0 aromatic heterocycles. The Labute approximate surface area is 118 Å². The predicted octanol–water partition coefficient (Wildman–Crippen LogP) is 3.10. The molecule has 0 saturated carbocycles. The van der Waals surface area contributed by atoms with Crippen LogP contribution < -0.4 is 15.4 Å². The maximum absolute atomic E-state index is 14.2. The van der Waals surface area contributed by atoms with Crippen molar-refractivity contribution in [2.45, 2.75) is 6.42 Å². The molecule has 0 spiro atoms. The highest BCUT2D eigenvalue weighted by Gasteiger charge is 2.10. The molecule has 2 aromatic carbocycles. The minimum absolute atomic E-state index is 0.249. The molecule has 0 bridgehead atoms. The second-order valence-corrected chi connectivity index (χ2v) is 4.58. The van der Waals surface area contributed by atoms with Gasteiger partial charge in [-0.1, -0.05) is 12.1 Å². The third kappa shape index (κ3) is 3.08. The summed E-state index contributed by atoms with van der Waals surface area (Å²) < 4.78 is 19.4. The second kappa shape index (κ2) is 6.39. The van der Waals surface area contributed by atoms with Crippen LogP contribution in [0.25, 0.3) is 0 Å². The van der Waals surface area contributed by atoms with Crippen LogP contribution in [0.2, 0.25) is 0 Å². The Hall–Kier alpha value is -2.07. The van der Waals surface area contributed by atoms with Crippen molar-refractivity contribution >= 4 is 11.4 Å². The summed E-state index contributed by atoms with van der Waals surface area (Å²) >= 11 is 0. The first-order valence-corrected chi connectivity index (χ1v) is 6.52. The first-order chi connectivity index (χ1) is 9.65. The maximum atomic E-state index is 14.2. The summed E-state index contributed by atoms with van der Waals surface area (Å²) in [6, 6.07) is 12.7. The fourth-order valence-corrected chi connectivity index (χ4v) is 2.10. The maximum Gasteiger partial charge on any atom is 0.147 e. The number of halogens is 1. The lowest BCUT2D eigenvalue weighted by Crippen LogP contribution is -2.12. The quantitative estimate of drug-likeness (QED) is 0.910. The number of ether oxygens (including phenoxy) is 1. The molecule has 0 aliphatic rings. The van der Waals surface area contributed by atoms with Crippen molar-refractivity contribution < 1.29 is 9.13 Å². The van der Waals surface area contributed by atoms with Crippen LogP contribution in [0.3, 0.4) is 0 Å². The molecule has 3 nitrogen and oxygen atoms in total. The van der Waals surface area contributed by atoms with Gasteiger partial charge in [0.05, 0.1) is 12.8 Å². The van der Waals surface area contributed by atoms with Crippen molar-refractivity contribution in [3.63, 3.8) is 0 Å². The van der Waals surface area contributed by atoms with E-state index in [0.29, 0.717) is 18.7 Å². The zero-order valence-electron chi connectivity index (χ0n) is 11.8. The first-order valence-electron chi connectivity index (χ1n) is 6.52. The number of benzene rings is 2. The van der Waals surface area contributed by atoms with E-state index < -0.39 is 0 Å². The number of hydrogen-bond donors (Lipinski definition) is 1. The number of methoxy groups -OCH3 is 1. The standard InChI is InChI=1S/C16H19FN2O/c1-19(13-4-3-5-14(11-13)20-2)16-7-6-12(8-9-18)10-15(16)17/h3-7,10-11H,8-9,18H2,1-2H3. The molecule has 0 amide bonds. The molecule has 4 heteroatoms. The van der Waals surface area contributed by atoms with Gasteiger partial charge in [0.1, 0.15) is 11.6 Å². The average Bonchev–Trinajstić information content (AvgIpc) is 2.47. The van der Waals surface area contributed by atoms with E-state index in [1.807, 2.05) is 37.4 Å². The van der Waals surface area contributed by atoms with E-state index in [-0.39, 0.29) is 5.82 Å². The molecule has 0 heterocycles. The minimum atomic E-state index is -0.249. The van der Waals surface area contributed by atoms with Gasteiger partial charge < -0.3 is 15.4 Å². The molecule has 2 N–H and O–H groups in total. The SMILES string of the molecule is COc1cccc(N(C)c2ccc(CCN)cc2F)c1. The lowest BCUT2D eigenvalue weighted by atomic mass is 10.1. The highest BCUT2D eigenvalue weighted by atomic mass is 19.1. The average molecular weight is 274 g/mol. The molecule has 0 saturated heterocycles. The van der Waals surface area contributed by atoms with Crippen LogP contribution in [-0.2, 0) is 6.42 Å². The molecule has 0 unspecified atom stereocenters. The Kier molecular flexibility index (Phi) is 4.58. The van der Waals surface area contributed by atoms with Gasteiger partial charge in [0, 0.05) is 18.8 Å². The summed E-state index contributed by atoms with van der Waals surface area (Å²) in [4.78, 5) is 1.80. The van der Waals surface area contributed by atoms with E-state index in [0.717, 1.165) is 17.0 Å². The van der Waals surface area contributed by atoms with Gasteiger partial charge >= 0.3 is 0 Å². The van der Waals surface area contributed by atoms with E-state index in [4.69, 9.17) is 10.5 Å². The van der Waals surface area contributed by atoms with Crippen LogP contribution in [0.15, 0.2) is 42.5 Å². The van der Waals surface area contributed by atoms with Crippen molar-refractivity contribution in [1.29, 1.82) is 0 Å². The fraction of sp³-hybridized carbons (Fsp3) is 0.250. The Morgan fingerprint density at radius 3 is 2.65 bits per heavy atom. The van der Waals surface area contributed by atoms with Gasteiger partial charge in [-0.25, -0.2) is 4.39 Å². The van der Waals surface area contributed by atoms with Gasteiger partial charge in [-0.05, 0) is 42.8 Å². The number of rotatable bonds is 5. The first kappa shape index (κ1) is 14.3. The lowest BCUT2D eigenvalue weighted by Gasteiger charge is -2.21. The third-order valence-corrected chi connectivity index (χ3v) is 3.25. The topological polar surface area (TPSA) is 38.5 Å². The molecular weight excluding hydrogens is 255 g/mol. The van der Waals surface area contributed by atoms with E-state index in [9.17, 15) is 4.39 Å². The second-order valence-electron chi connectivity index (χ2n) is 4.58. The molecule has 0 fully saturated rings. The summed E-state index contributed by atoms with van der Waals surface area (Å²) in [6.45, 7) is 0.518. The van der Waals surface area contributed by atoms with Crippen molar-refractivity contribution in [3.8, 4) is 5.75 Å². The number of nitrogens with zero attached hydrogens (tertiary/aromatic N) is 1. The monoisotopic (exact) mass is 274 g/mol. The zero-order valence-corrected chi connectivity index (χ0v) is 11.8. The van der Waals surface area contributed by atoms with Crippen LogP contribution in [0.5, 0.6) is 5.75 Å². The van der Waals surface area contributed by atoms with Gasteiger partial charge in [-0.3, -0.25) is 0 Å². The van der Waals surface area contributed by atoms with Crippen LogP contribution in [0.1, 0.15) is 5.56 Å².